The van der Waals surface area contributed by atoms with Crippen molar-refractivity contribution in [2.45, 2.75) is 19.4 Å². The van der Waals surface area contributed by atoms with E-state index in [-0.39, 0.29) is 23.3 Å². The first-order chi connectivity index (χ1) is 10.6. The van der Waals surface area contributed by atoms with Gasteiger partial charge in [0.05, 0.1) is 5.92 Å². The van der Waals surface area contributed by atoms with Gasteiger partial charge in [0, 0.05) is 51.9 Å². The monoisotopic (exact) mass is 303 g/mol. The Morgan fingerprint density at radius 1 is 1.27 bits per heavy atom. The van der Waals surface area contributed by atoms with E-state index < -0.39 is 0 Å². The number of aryl methyl sites for hydroxylation is 1. The molecule has 2 saturated heterocycles. The maximum absolute atomic E-state index is 12.3. The SMILES string of the molecule is CN1CC[C@@H]2CN(C(=O)CCn3ccccc3=O)C[C@@H]2C1=O. The van der Waals surface area contributed by atoms with Crippen LogP contribution in [-0.2, 0) is 16.1 Å². The molecule has 0 bridgehead atoms. The molecule has 1 aromatic rings. The number of hydrogen-bond donors (Lipinski definition) is 0. The summed E-state index contributed by atoms with van der Waals surface area (Å²) in [6.07, 6.45) is 2.96. The van der Waals surface area contributed by atoms with E-state index >= 15 is 0 Å². The summed E-state index contributed by atoms with van der Waals surface area (Å²) in [7, 11) is 1.82. The Labute approximate surface area is 129 Å². The van der Waals surface area contributed by atoms with E-state index in [9.17, 15) is 14.4 Å². The number of piperidine rings is 1. The molecule has 0 unspecified atom stereocenters. The van der Waals surface area contributed by atoms with Gasteiger partial charge in [0.1, 0.15) is 0 Å². The van der Waals surface area contributed by atoms with Gasteiger partial charge in [-0.15, -0.1) is 0 Å². The summed E-state index contributed by atoms with van der Waals surface area (Å²) in [4.78, 5) is 39.7. The fourth-order valence-electron chi connectivity index (χ4n) is 3.42. The van der Waals surface area contributed by atoms with Crippen molar-refractivity contribution in [2.75, 3.05) is 26.7 Å². The molecular formula is C16H21N3O3. The Hall–Kier alpha value is -2.11. The number of likely N-dealkylation sites (tertiary alicyclic amines) is 2. The van der Waals surface area contributed by atoms with Gasteiger partial charge in [0.15, 0.2) is 0 Å². The lowest BCUT2D eigenvalue weighted by atomic mass is 9.88. The topological polar surface area (TPSA) is 62.6 Å². The second-order valence-electron chi connectivity index (χ2n) is 6.20. The van der Waals surface area contributed by atoms with Crippen molar-refractivity contribution >= 4 is 11.8 Å². The number of carbonyl (C=O) groups is 2. The third kappa shape index (κ3) is 2.77. The largest absolute Gasteiger partial charge is 0.345 e. The molecule has 118 valence electrons. The quantitative estimate of drug-likeness (QED) is 0.800. The summed E-state index contributed by atoms with van der Waals surface area (Å²) in [6, 6.07) is 4.96. The van der Waals surface area contributed by atoms with Crippen molar-refractivity contribution in [3.63, 3.8) is 0 Å². The van der Waals surface area contributed by atoms with Crippen LogP contribution in [0.15, 0.2) is 29.2 Å². The summed E-state index contributed by atoms with van der Waals surface area (Å²) in [5, 5.41) is 0. The van der Waals surface area contributed by atoms with Crippen LogP contribution in [0.4, 0.5) is 0 Å². The Morgan fingerprint density at radius 3 is 2.86 bits per heavy atom. The Bertz CT molecular complexity index is 640. The van der Waals surface area contributed by atoms with Crippen LogP contribution in [-0.4, -0.2) is 52.9 Å². The van der Waals surface area contributed by atoms with Crippen LogP contribution in [0, 0.1) is 11.8 Å². The number of hydrogen-bond acceptors (Lipinski definition) is 3. The highest BCUT2D eigenvalue weighted by Crippen LogP contribution is 2.31. The highest BCUT2D eigenvalue weighted by atomic mass is 16.2. The molecule has 0 aromatic carbocycles. The second-order valence-corrected chi connectivity index (χ2v) is 6.20. The fourth-order valence-corrected chi connectivity index (χ4v) is 3.42. The van der Waals surface area contributed by atoms with Gasteiger partial charge in [-0.3, -0.25) is 14.4 Å². The number of nitrogens with zero attached hydrogens (tertiary/aromatic N) is 3. The molecule has 22 heavy (non-hydrogen) atoms. The molecule has 0 N–H and O–H groups in total. The number of amides is 2. The first-order valence-electron chi connectivity index (χ1n) is 7.74. The standard InChI is InChI=1S/C16H21N3O3/c1-17-8-5-12-10-19(11-13(12)16(17)22)15(21)6-9-18-7-3-2-4-14(18)20/h2-4,7,12-13H,5-6,8-11H2,1H3/t12-,13+/m1/s1. The third-order valence-corrected chi connectivity index (χ3v) is 4.79. The molecule has 6 heteroatoms. The zero-order valence-electron chi connectivity index (χ0n) is 12.8. The number of fused-ring (bicyclic) bond motifs is 1. The lowest BCUT2D eigenvalue weighted by Gasteiger charge is -2.30. The van der Waals surface area contributed by atoms with Crippen molar-refractivity contribution in [3.8, 4) is 0 Å². The lowest BCUT2D eigenvalue weighted by Crippen LogP contribution is -2.42. The maximum atomic E-state index is 12.3. The normalized spacial score (nSPS) is 24.5. The van der Waals surface area contributed by atoms with E-state index in [2.05, 4.69) is 0 Å². The van der Waals surface area contributed by atoms with Crippen LogP contribution in [0.25, 0.3) is 0 Å². The third-order valence-electron chi connectivity index (χ3n) is 4.79. The first kappa shape index (κ1) is 14.8. The maximum Gasteiger partial charge on any atom is 0.250 e. The zero-order valence-corrected chi connectivity index (χ0v) is 12.8. The van der Waals surface area contributed by atoms with Crippen LogP contribution in [0.1, 0.15) is 12.8 Å². The van der Waals surface area contributed by atoms with E-state index in [0.29, 0.717) is 32.0 Å². The lowest BCUT2D eigenvalue weighted by molar-refractivity contribution is -0.138. The van der Waals surface area contributed by atoms with Gasteiger partial charge in [-0.05, 0) is 18.4 Å². The first-order valence-corrected chi connectivity index (χ1v) is 7.74. The number of carbonyl (C=O) groups excluding carboxylic acids is 2. The fraction of sp³-hybridized carbons (Fsp3) is 0.562. The minimum atomic E-state index is -0.0952. The summed E-state index contributed by atoms with van der Waals surface area (Å²) < 4.78 is 1.54. The predicted molar refractivity (Wildman–Crippen MR) is 81.1 cm³/mol. The van der Waals surface area contributed by atoms with Gasteiger partial charge in [0.2, 0.25) is 11.8 Å². The number of aromatic nitrogens is 1. The molecule has 3 rings (SSSR count). The Morgan fingerprint density at radius 2 is 2.09 bits per heavy atom. The minimum absolute atomic E-state index is 0.0283. The van der Waals surface area contributed by atoms with Crippen LogP contribution in [0.5, 0.6) is 0 Å². The summed E-state index contributed by atoms with van der Waals surface area (Å²) in [5.74, 6) is 0.445. The van der Waals surface area contributed by atoms with Gasteiger partial charge in [-0.25, -0.2) is 0 Å². The number of pyridine rings is 1. The van der Waals surface area contributed by atoms with E-state index in [4.69, 9.17) is 0 Å². The molecule has 2 amide bonds. The molecule has 0 spiro atoms. The molecule has 6 nitrogen and oxygen atoms in total. The summed E-state index contributed by atoms with van der Waals surface area (Å²) >= 11 is 0. The zero-order chi connectivity index (χ0) is 15.7. The van der Waals surface area contributed by atoms with E-state index in [1.165, 1.54) is 6.07 Å². The van der Waals surface area contributed by atoms with Crippen LogP contribution >= 0.6 is 0 Å². The van der Waals surface area contributed by atoms with Crippen molar-refractivity contribution in [1.29, 1.82) is 0 Å². The molecule has 2 fully saturated rings. The molecule has 2 aliphatic heterocycles. The van der Waals surface area contributed by atoms with Crippen LogP contribution < -0.4 is 5.56 Å². The van der Waals surface area contributed by atoms with Crippen LogP contribution in [0.3, 0.4) is 0 Å². The summed E-state index contributed by atoms with van der Waals surface area (Å²) in [6.45, 7) is 2.36. The molecule has 2 aliphatic rings. The van der Waals surface area contributed by atoms with Gasteiger partial charge >= 0.3 is 0 Å². The van der Waals surface area contributed by atoms with Crippen molar-refractivity contribution in [1.82, 2.24) is 14.4 Å². The van der Waals surface area contributed by atoms with Gasteiger partial charge < -0.3 is 14.4 Å². The van der Waals surface area contributed by atoms with Gasteiger partial charge in [0.25, 0.3) is 5.56 Å². The van der Waals surface area contributed by atoms with E-state index in [1.54, 1.807) is 32.7 Å². The average molecular weight is 303 g/mol. The molecular weight excluding hydrogens is 282 g/mol. The molecule has 1 aromatic heterocycles. The van der Waals surface area contributed by atoms with Crippen molar-refractivity contribution < 1.29 is 9.59 Å². The highest BCUT2D eigenvalue weighted by Gasteiger charge is 2.42. The summed E-state index contributed by atoms with van der Waals surface area (Å²) in [5.41, 5.74) is -0.0952. The van der Waals surface area contributed by atoms with Crippen LogP contribution in [0.2, 0.25) is 0 Å². The average Bonchev–Trinajstić information content (AvgIpc) is 2.95. The smallest absolute Gasteiger partial charge is 0.250 e. The highest BCUT2D eigenvalue weighted by molar-refractivity contribution is 5.83. The number of rotatable bonds is 3. The van der Waals surface area contributed by atoms with Crippen molar-refractivity contribution in [3.05, 3.63) is 34.7 Å². The molecule has 2 atom stereocenters. The van der Waals surface area contributed by atoms with E-state index in [0.717, 1.165) is 13.0 Å². The van der Waals surface area contributed by atoms with Gasteiger partial charge in [-0.1, -0.05) is 6.07 Å². The van der Waals surface area contributed by atoms with Crippen molar-refractivity contribution in [2.24, 2.45) is 11.8 Å². The van der Waals surface area contributed by atoms with E-state index in [1.807, 2.05) is 7.05 Å². The molecule has 0 radical (unpaired) electrons. The molecule has 0 saturated carbocycles. The van der Waals surface area contributed by atoms with Gasteiger partial charge in [-0.2, -0.15) is 0 Å². The Balaban J connectivity index is 1.59. The second kappa shape index (κ2) is 5.94. The molecule has 0 aliphatic carbocycles. The Kier molecular flexibility index (Phi) is 4.00. The minimum Gasteiger partial charge on any atom is -0.345 e. The molecule has 3 heterocycles. The predicted octanol–water partition coefficient (Wildman–Crippen LogP) is 0.175.